The molecule has 6 heteroatoms. The van der Waals surface area contributed by atoms with Gasteiger partial charge in [-0.3, -0.25) is 14.7 Å². The Bertz CT molecular complexity index is 658. The van der Waals surface area contributed by atoms with E-state index in [1.165, 1.54) is 0 Å². The monoisotopic (exact) mass is 355 g/mol. The molecule has 2 aliphatic rings. The molecule has 3 rings (SSSR count). The lowest BCUT2D eigenvalue weighted by Gasteiger charge is -2.43. The third-order valence-corrected chi connectivity index (χ3v) is 5.68. The van der Waals surface area contributed by atoms with Gasteiger partial charge in [-0.2, -0.15) is 0 Å². The number of anilines is 1. The summed E-state index contributed by atoms with van der Waals surface area (Å²) in [5.41, 5.74) is 0.563. The third-order valence-electron chi connectivity index (χ3n) is 5.68. The second-order valence-electron chi connectivity index (χ2n) is 7.71. The molecule has 0 N–H and O–H groups in total. The first-order valence-electron chi connectivity index (χ1n) is 9.62. The Kier molecular flexibility index (Phi) is 5.77. The van der Waals surface area contributed by atoms with Crippen molar-refractivity contribution in [1.82, 2.24) is 14.8 Å². The van der Waals surface area contributed by atoms with Gasteiger partial charge in [0.1, 0.15) is 5.82 Å². The highest BCUT2D eigenvalue weighted by atomic mass is 16.2. The minimum atomic E-state index is 0.131. The van der Waals surface area contributed by atoms with Crippen LogP contribution in [0.3, 0.4) is 0 Å². The Morgan fingerprint density at radius 1 is 1.23 bits per heavy atom. The Balaban J connectivity index is 1.53. The van der Waals surface area contributed by atoms with Crippen molar-refractivity contribution in [3.63, 3.8) is 0 Å². The van der Waals surface area contributed by atoms with Crippen LogP contribution in [-0.2, 0) is 4.79 Å². The number of aromatic nitrogens is 1. The van der Waals surface area contributed by atoms with E-state index in [0.29, 0.717) is 23.7 Å². The molecule has 3 heterocycles. The Morgan fingerprint density at radius 3 is 2.50 bits per heavy atom. The number of rotatable bonds is 3. The van der Waals surface area contributed by atoms with Crippen molar-refractivity contribution in [2.45, 2.75) is 45.7 Å². The van der Waals surface area contributed by atoms with E-state index in [0.717, 1.165) is 51.4 Å². The molecule has 0 bridgehead atoms. The first-order valence-corrected chi connectivity index (χ1v) is 9.62. The van der Waals surface area contributed by atoms with Gasteiger partial charge in [-0.1, -0.05) is 6.07 Å². The summed E-state index contributed by atoms with van der Waals surface area (Å²) in [6, 6.07) is 4.68. The van der Waals surface area contributed by atoms with Gasteiger partial charge in [0.25, 0.3) is 0 Å². The molecule has 2 saturated heterocycles. The highest BCUT2D eigenvalue weighted by Gasteiger charge is 2.33. The number of piperidine rings is 1. The van der Waals surface area contributed by atoms with E-state index in [9.17, 15) is 4.79 Å². The van der Waals surface area contributed by atoms with Gasteiger partial charge in [0.15, 0.2) is 0 Å². The molecule has 6 nitrogen and oxygen atoms in total. The Hall–Kier alpha value is -2.13. The highest BCUT2D eigenvalue weighted by Crippen LogP contribution is 2.25. The molecule has 0 aliphatic carbocycles. The van der Waals surface area contributed by atoms with Crippen molar-refractivity contribution >= 4 is 17.4 Å². The van der Waals surface area contributed by atoms with E-state index in [-0.39, 0.29) is 5.92 Å². The largest absolute Gasteiger partial charge is 0.357 e. The molecule has 26 heavy (non-hydrogen) atoms. The van der Waals surface area contributed by atoms with Crippen LogP contribution in [0.25, 0.3) is 4.85 Å². The maximum Gasteiger partial charge on any atom is 0.225 e. The van der Waals surface area contributed by atoms with Crippen molar-refractivity contribution in [3.05, 3.63) is 29.7 Å². The lowest BCUT2D eigenvalue weighted by molar-refractivity contribution is -0.139. The van der Waals surface area contributed by atoms with E-state index < -0.39 is 0 Å². The lowest BCUT2D eigenvalue weighted by atomic mass is 9.94. The summed E-state index contributed by atoms with van der Waals surface area (Å²) in [5.74, 6) is 1.37. The van der Waals surface area contributed by atoms with Crippen LogP contribution >= 0.6 is 0 Å². The number of hydrogen-bond donors (Lipinski definition) is 0. The van der Waals surface area contributed by atoms with Crippen LogP contribution in [0.2, 0.25) is 0 Å². The fourth-order valence-electron chi connectivity index (χ4n) is 4.18. The van der Waals surface area contributed by atoms with Gasteiger partial charge >= 0.3 is 0 Å². The number of amides is 1. The summed E-state index contributed by atoms with van der Waals surface area (Å²) < 4.78 is 0. The summed E-state index contributed by atoms with van der Waals surface area (Å²) in [6.45, 7) is 18.0. The molecule has 2 fully saturated rings. The minimum absolute atomic E-state index is 0.131. The topological polar surface area (TPSA) is 44.0 Å². The molecular formula is C20H29N5O. The second-order valence-corrected chi connectivity index (χ2v) is 7.71. The molecule has 0 aromatic carbocycles. The summed E-state index contributed by atoms with van der Waals surface area (Å²) in [4.78, 5) is 27.5. The van der Waals surface area contributed by atoms with E-state index >= 15 is 0 Å². The maximum atomic E-state index is 12.9. The van der Waals surface area contributed by atoms with Crippen LogP contribution < -0.4 is 4.90 Å². The predicted molar refractivity (Wildman–Crippen MR) is 103 cm³/mol. The summed E-state index contributed by atoms with van der Waals surface area (Å²) in [6.07, 6.45) is 3.38. The molecular weight excluding hydrogens is 326 g/mol. The normalized spacial score (nSPS) is 22.5. The average molecular weight is 355 g/mol. The van der Waals surface area contributed by atoms with Crippen LogP contribution in [0.1, 0.15) is 33.6 Å². The number of piperazine rings is 1. The Morgan fingerprint density at radius 2 is 1.96 bits per heavy atom. The number of carbonyl (C=O) groups excluding carboxylic acids is 1. The molecule has 1 aromatic heterocycles. The number of carbonyl (C=O) groups is 1. The SMILES string of the molecule is [C-]#[N+]c1ccc(N2CCC(C(=O)N3CCN(C(C)C)[C@@H](C)C3)CC2)nc1. The van der Waals surface area contributed by atoms with Crippen molar-refractivity contribution in [2.75, 3.05) is 37.6 Å². The van der Waals surface area contributed by atoms with Gasteiger partial charge in [-0.15, -0.1) is 0 Å². The summed E-state index contributed by atoms with van der Waals surface area (Å²) >= 11 is 0. The smallest absolute Gasteiger partial charge is 0.225 e. The first-order chi connectivity index (χ1) is 12.5. The molecule has 0 spiro atoms. The zero-order valence-corrected chi connectivity index (χ0v) is 16.1. The van der Waals surface area contributed by atoms with Gasteiger partial charge < -0.3 is 9.80 Å². The van der Waals surface area contributed by atoms with E-state index in [4.69, 9.17) is 6.57 Å². The van der Waals surface area contributed by atoms with Gasteiger partial charge in [0, 0.05) is 56.9 Å². The average Bonchev–Trinajstić information content (AvgIpc) is 2.67. The van der Waals surface area contributed by atoms with Gasteiger partial charge in [-0.05, 0) is 39.7 Å². The molecule has 0 unspecified atom stereocenters. The van der Waals surface area contributed by atoms with Crippen LogP contribution in [0.4, 0.5) is 11.5 Å². The van der Waals surface area contributed by atoms with Crippen molar-refractivity contribution < 1.29 is 4.79 Å². The summed E-state index contributed by atoms with van der Waals surface area (Å²) in [7, 11) is 0. The molecule has 0 radical (unpaired) electrons. The first kappa shape index (κ1) is 18.7. The molecule has 1 amide bonds. The van der Waals surface area contributed by atoms with Crippen LogP contribution in [0, 0.1) is 12.5 Å². The fraction of sp³-hybridized carbons (Fsp3) is 0.650. The highest BCUT2D eigenvalue weighted by molar-refractivity contribution is 5.79. The van der Waals surface area contributed by atoms with Crippen molar-refractivity contribution in [1.29, 1.82) is 0 Å². The standard InChI is InChI=1S/C20H29N5O/c1-15(2)25-12-11-24(14-16(25)3)20(26)17-7-9-23(10-8-17)19-6-5-18(21-4)13-22-19/h5-6,13,15-17H,7-12,14H2,1-3H3/t16-/m0/s1. The van der Waals surface area contributed by atoms with E-state index in [1.807, 2.05) is 12.1 Å². The van der Waals surface area contributed by atoms with Gasteiger partial charge in [-0.25, -0.2) is 4.85 Å². The molecule has 0 saturated carbocycles. The molecule has 1 atom stereocenters. The summed E-state index contributed by atoms with van der Waals surface area (Å²) in [5, 5.41) is 0. The zero-order valence-electron chi connectivity index (χ0n) is 16.1. The number of hydrogen-bond acceptors (Lipinski definition) is 4. The minimum Gasteiger partial charge on any atom is -0.357 e. The van der Waals surface area contributed by atoms with Crippen LogP contribution in [0.15, 0.2) is 18.3 Å². The van der Waals surface area contributed by atoms with Gasteiger partial charge in [0.2, 0.25) is 11.6 Å². The second kappa shape index (κ2) is 8.05. The Labute approximate surface area is 156 Å². The molecule has 2 aliphatic heterocycles. The van der Waals surface area contributed by atoms with Gasteiger partial charge in [0.05, 0.1) is 6.57 Å². The predicted octanol–water partition coefficient (Wildman–Crippen LogP) is 2.79. The van der Waals surface area contributed by atoms with E-state index in [2.05, 4.69) is 45.3 Å². The number of pyridine rings is 1. The van der Waals surface area contributed by atoms with Crippen molar-refractivity contribution in [3.8, 4) is 0 Å². The lowest BCUT2D eigenvalue weighted by Crippen LogP contribution is -2.57. The van der Waals surface area contributed by atoms with Crippen LogP contribution in [-0.4, -0.2) is 65.5 Å². The third kappa shape index (κ3) is 3.99. The van der Waals surface area contributed by atoms with Crippen LogP contribution in [0.5, 0.6) is 0 Å². The van der Waals surface area contributed by atoms with E-state index in [1.54, 1.807) is 6.20 Å². The number of nitrogens with zero attached hydrogens (tertiary/aromatic N) is 5. The molecule has 1 aromatic rings. The molecule has 140 valence electrons. The van der Waals surface area contributed by atoms with Crippen molar-refractivity contribution in [2.24, 2.45) is 5.92 Å². The quantitative estimate of drug-likeness (QED) is 0.782. The fourth-order valence-corrected chi connectivity index (χ4v) is 4.18. The zero-order chi connectivity index (χ0) is 18.7. The maximum absolute atomic E-state index is 12.9.